The maximum atomic E-state index is 13.8. The molecule has 1 N–H and O–H groups in total. The summed E-state index contributed by atoms with van der Waals surface area (Å²) >= 11 is 0. The molecule has 0 fully saturated rings. The number of hydrogen-bond acceptors (Lipinski definition) is 2. The normalized spacial score (nSPS) is 12.3. The zero-order valence-corrected chi connectivity index (χ0v) is 10.6. The minimum absolute atomic E-state index is 0.241. The van der Waals surface area contributed by atoms with Crippen LogP contribution >= 0.6 is 0 Å². The molecule has 3 nitrogen and oxygen atoms in total. The Morgan fingerprint density at radius 3 is 2.40 bits per heavy atom. The third-order valence-electron chi connectivity index (χ3n) is 3.15. The van der Waals surface area contributed by atoms with Gasteiger partial charge in [-0.3, -0.25) is 0 Å². The molecule has 3 rings (SSSR count). The SMILES string of the molecule is OC(c1ccccc1F)c1ccnn1-c1ccccc1. The molecule has 4 heteroatoms. The summed E-state index contributed by atoms with van der Waals surface area (Å²) in [5.74, 6) is -0.430. The van der Waals surface area contributed by atoms with Crippen molar-refractivity contribution in [2.45, 2.75) is 6.10 Å². The second kappa shape index (κ2) is 5.27. The van der Waals surface area contributed by atoms with Gasteiger partial charge in [0.15, 0.2) is 0 Å². The van der Waals surface area contributed by atoms with Gasteiger partial charge in [-0.2, -0.15) is 5.10 Å². The van der Waals surface area contributed by atoms with Gasteiger partial charge in [0.25, 0.3) is 0 Å². The van der Waals surface area contributed by atoms with Crippen LogP contribution in [0.4, 0.5) is 4.39 Å². The Labute approximate surface area is 115 Å². The molecule has 0 radical (unpaired) electrons. The van der Waals surface area contributed by atoms with Crippen molar-refractivity contribution < 1.29 is 9.50 Å². The van der Waals surface area contributed by atoms with Crippen molar-refractivity contribution in [1.29, 1.82) is 0 Å². The van der Waals surface area contributed by atoms with Crippen molar-refractivity contribution in [3.63, 3.8) is 0 Å². The fourth-order valence-electron chi connectivity index (χ4n) is 2.16. The number of hydrogen-bond donors (Lipinski definition) is 1. The third kappa shape index (κ3) is 2.21. The van der Waals surface area contributed by atoms with Crippen LogP contribution < -0.4 is 0 Å². The number of benzene rings is 2. The predicted molar refractivity (Wildman–Crippen MR) is 74.0 cm³/mol. The molecule has 0 amide bonds. The predicted octanol–water partition coefficient (Wildman–Crippen LogP) is 3.09. The lowest BCUT2D eigenvalue weighted by molar-refractivity contribution is 0.207. The van der Waals surface area contributed by atoms with E-state index in [0.29, 0.717) is 5.69 Å². The van der Waals surface area contributed by atoms with Gasteiger partial charge in [0.05, 0.1) is 11.4 Å². The molecule has 1 heterocycles. The molecule has 1 aromatic heterocycles. The second-order valence-corrected chi connectivity index (χ2v) is 4.43. The van der Waals surface area contributed by atoms with Gasteiger partial charge in [0, 0.05) is 11.8 Å². The number of aliphatic hydroxyl groups is 1. The molecule has 2 aromatic carbocycles. The van der Waals surface area contributed by atoms with Crippen LogP contribution in [0.1, 0.15) is 17.4 Å². The van der Waals surface area contributed by atoms with E-state index in [-0.39, 0.29) is 5.56 Å². The molecular weight excluding hydrogens is 255 g/mol. The maximum absolute atomic E-state index is 13.8. The largest absolute Gasteiger partial charge is 0.382 e. The van der Waals surface area contributed by atoms with E-state index in [2.05, 4.69) is 5.10 Å². The van der Waals surface area contributed by atoms with Crippen molar-refractivity contribution in [3.05, 3.63) is 83.9 Å². The molecular formula is C16H13FN2O. The van der Waals surface area contributed by atoms with Crippen LogP contribution in [-0.4, -0.2) is 14.9 Å². The molecule has 0 aliphatic carbocycles. The highest BCUT2D eigenvalue weighted by atomic mass is 19.1. The molecule has 0 saturated heterocycles. The lowest BCUT2D eigenvalue weighted by Crippen LogP contribution is -2.09. The average molecular weight is 268 g/mol. The Morgan fingerprint density at radius 2 is 1.65 bits per heavy atom. The van der Waals surface area contributed by atoms with Crippen LogP contribution in [-0.2, 0) is 0 Å². The number of aromatic nitrogens is 2. The van der Waals surface area contributed by atoms with Gasteiger partial charge in [-0.15, -0.1) is 0 Å². The first kappa shape index (κ1) is 12.6. The molecule has 0 aliphatic rings. The Balaban J connectivity index is 2.04. The fourth-order valence-corrected chi connectivity index (χ4v) is 2.16. The lowest BCUT2D eigenvalue weighted by atomic mass is 10.1. The van der Waals surface area contributed by atoms with Gasteiger partial charge in [0.1, 0.15) is 11.9 Å². The standard InChI is InChI=1S/C16H13FN2O/c17-14-9-5-4-8-13(14)16(20)15-10-11-18-19(15)12-6-2-1-3-7-12/h1-11,16,20H. The molecule has 20 heavy (non-hydrogen) atoms. The Morgan fingerprint density at radius 1 is 0.950 bits per heavy atom. The molecule has 0 bridgehead atoms. The highest BCUT2D eigenvalue weighted by molar-refractivity contribution is 5.35. The molecule has 1 atom stereocenters. The van der Waals surface area contributed by atoms with Crippen LogP contribution in [0, 0.1) is 5.82 Å². The summed E-state index contributed by atoms with van der Waals surface area (Å²) in [6.45, 7) is 0. The van der Waals surface area contributed by atoms with E-state index in [9.17, 15) is 9.50 Å². The van der Waals surface area contributed by atoms with Gasteiger partial charge in [-0.25, -0.2) is 9.07 Å². The van der Waals surface area contributed by atoms with Crippen molar-refractivity contribution in [1.82, 2.24) is 9.78 Å². The van der Waals surface area contributed by atoms with Crippen LogP contribution in [0.2, 0.25) is 0 Å². The first-order valence-electron chi connectivity index (χ1n) is 6.29. The van der Waals surface area contributed by atoms with Crippen molar-refractivity contribution in [2.75, 3.05) is 0 Å². The third-order valence-corrected chi connectivity index (χ3v) is 3.15. The fraction of sp³-hybridized carbons (Fsp3) is 0.0625. The summed E-state index contributed by atoms with van der Waals surface area (Å²) in [5.41, 5.74) is 1.59. The molecule has 3 aromatic rings. The highest BCUT2D eigenvalue weighted by Crippen LogP contribution is 2.25. The molecule has 0 aliphatic heterocycles. The topological polar surface area (TPSA) is 38.1 Å². The summed E-state index contributed by atoms with van der Waals surface area (Å²) < 4.78 is 15.4. The molecule has 0 spiro atoms. The van der Waals surface area contributed by atoms with Gasteiger partial charge < -0.3 is 5.11 Å². The number of nitrogens with zero attached hydrogens (tertiary/aromatic N) is 2. The zero-order chi connectivity index (χ0) is 13.9. The van der Waals surface area contributed by atoms with Crippen molar-refractivity contribution >= 4 is 0 Å². The van der Waals surface area contributed by atoms with E-state index >= 15 is 0 Å². The molecule has 1 unspecified atom stereocenters. The van der Waals surface area contributed by atoms with Gasteiger partial charge in [-0.1, -0.05) is 36.4 Å². The molecule has 0 saturated carbocycles. The first-order valence-corrected chi connectivity index (χ1v) is 6.29. The summed E-state index contributed by atoms with van der Waals surface area (Å²) in [4.78, 5) is 0. The van der Waals surface area contributed by atoms with Gasteiger partial charge in [-0.05, 0) is 24.3 Å². The zero-order valence-electron chi connectivity index (χ0n) is 10.6. The first-order chi connectivity index (χ1) is 9.77. The second-order valence-electron chi connectivity index (χ2n) is 4.43. The van der Waals surface area contributed by atoms with E-state index < -0.39 is 11.9 Å². The quantitative estimate of drug-likeness (QED) is 0.792. The summed E-state index contributed by atoms with van der Waals surface area (Å²) in [7, 11) is 0. The number of para-hydroxylation sites is 1. The van der Waals surface area contributed by atoms with Crippen LogP contribution in [0.3, 0.4) is 0 Å². The summed E-state index contributed by atoms with van der Waals surface area (Å²) in [5, 5.41) is 14.6. The Kier molecular flexibility index (Phi) is 3.31. The van der Waals surface area contributed by atoms with E-state index in [0.717, 1.165) is 5.69 Å². The lowest BCUT2D eigenvalue weighted by Gasteiger charge is -2.14. The number of rotatable bonds is 3. The van der Waals surface area contributed by atoms with E-state index in [1.807, 2.05) is 30.3 Å². The number of aliphatic hydroxyl groups excluding tert-OH is 1. The van der Waals surface area contributed by atoms with Crippen LogP contribution in [0.25, 0.3) is 5.69 Å². The van der Waals surface area contributed by atoms with Crippen molar-refractivity contribution in [2.24, 2.45) is 0 Å². The molecule has 100 valence electrons. The van der Waals surface area contributed by atoms with E-state index in [4.69, 9.17) is 0 Å². The van der Waals surface area contributed by atoms with Gasteiger partial charge in [0.2, 0.25) is 0 Å². The van der Waals surface area contributed by atoms with Crippen LogP contribution in [0.5, 0.6) is 0 Å². The monoisotopic (exact) mass is 268 g/mol. The summed E-state index contributed by atoms with van der Waals surface area (Å²) in [6, 6.07) is 17.3. The van der Waals surface area contributed by atoms with Gasteiger partial charge >= 0.3 is 0 Å². The average Bonchev–Trinajstić information content (AvgIpc) is 2.97. The highest BCUT2D eigenvalue weighted by Gasteiger charge is 2.19. The van der Waals surface area contributed by atoms with Crippen LogP contribution in [0.15, 0.2) is 66.9 Å². The smallest absolute Gasteiger partial charge is 0.129 e. The number of halogens is 1. The Bertz CT molecular complexity index is 709. The minimum atomic E-state index is -1.06. The maximum Gasteiger partial charge on any atom is 0.129 e. The Hall–Kier alpha value is -2.46. The van der Waals surface area contributed by atoms with Crippen molar-refractivity contribution in [3.8, 4) is 5.69 Å². The van der Waals surface area contributed by atoms with E-state index in [1.54, 1.807) is 35.1 Å². The minimum Gasteiger partial charge on any atom is -0.382 e. The van der Waals surface area contributed by atoms with E-state index in [1.165, 1.54) is 6.07 Å². The summed E-state index contributed by atoms with van der Waals surface area (Å²) in [6.07, 6.45) is 0.533.